The Balaban J connectivity index is 2.01. The number of aromatic nitrogens is 3. The maximum Gasteiger partial charge on any atom is 0.350 e. The molecule has 0 atom stereocenters. The van der Waals surface area contributed by atoms with Gasteiger partial charge in [0.25, 0.3) is 0 Å². The van der Waals surface area contributed by atoms with Crippen LogP contribution in [0.5, 0.6) is 0 Å². The number of amides is 1. The van der Waals surface area contributed by atoms with E-state index in [-0.39, 0.29) is 5.69 Å². The SMILES string of the molecule is Cc1cc(C(N)=O)ccc1Cn1nc2ccccn2c1=O. The van der Waals surface area contributed by atoms with Crippen LogP contribution in [0.4, 0.5) is 0 Å². The molecule has 2 N–H and O–H groups in total. The van der Waals surface area contributed by atoms with Gasteiger partial charge in [0.15, 0.2) is 5.65 Å². The van der Waals surface area contributed by atoms with Crippen molar-refractivity contribution in [3.05, 3.63) is 69.8 Å². The third-order valence-electron chi connectivity index (χ3n) is 3.44. The van der Waals surface area contributed by atoms with Gasteiger partial charge in [-0.05, 0) is 42.3 Å². The van der Waals surface area contributed by atoms with Gasteiger partial charge >= 0.3 is 5.69 Å². The van der Waals surface area contributed by atoms with Gasteiger partial charge in [0, 0.05) is 11.8 Å². The van der Waals surface area contributed by atoms with E-state index >= 15 is 0 Å². The highest BCUT2D eigenvalue weighted by molar-refractivity contribution is 5.93. The third kappa shape index (κ3) is 2.31. The van der Waals surface area contributed by atoms with Crippen molar-refractivity contribution in [2.75, 3.05) is 0 Å². The molecule has 0 spiro atoms. The molecule has 2 aromatic heterocycles. The highest BCUT2D eigenvalue weighted by Crippen LogP contribution is 2.12. The largest absolute Gasteiger partial charge is 0.366 e. The van der Waals surface area contributed by atoms with Gasteiger partial charge in [-0.2, -0.15) is 0 Å². The van der Waals surface area contributed by atoms with Crippen molar-refractivity contribution >= 4 is 11.6 Å². The lowest BCUT2D eigenvalue weighted by Gasteiger charge is -2.06. The van der Waals surface area contributed by atoms with Crippen molar-refractivity contribution in [2.24, 2.45) is 5.73 Å². The zero-order chi connectivity index (χ0) is 15.0. The molecular formula is C15H14N4O2. The second kappa shape index (κ2) is 4.90. The Kier molecular flexibility index (Phi) is 3.06. The predicted molar refractivity (Wildman–Crippen MR) is 78.3 cm³/mol. The summed E-state index contributed by atoms with van der Waals surface area (Å²) in [5.74, 6) is -0.463. The van der Waals surface area contributed by atoms with Crippen LogP contribution in [0, 0.1) is 6.92 Å². The second-order valence-electron chi connectivity index (χ2n) is 4.87. The van der Waals surface area contributed by atoms with E-state index in [9.17, 15) is 9.59 Å². The predicted octanol–water partition coefficient (Wildman–Crippen LogP) is 0.952. The Morgan fingerprint density at radius 1 is 1.29 bits per heavy atom. The molecule has 21 heavy (non-hydrogen) atoms. The fraction of sp³-hybridized carbons (Fsp3) is 0.133. The van der Waals surface area contributed by atoms with Crippen LogP contribution in [0.2, 0.25) is 0 Å². The minimum atomic E-state index is -0.463. The van der Waals surface area contributed by atoms with Gasteiger partial charge in [-0.1, -0.05) is 12.1 Å². The molecule has 3 aromatic rings. The molecule has 0 fully saturated rings. The fourth-order valence-corrected chi connectivity index (χ4v) is 2.26. The summed E-state index contributed by atoms with van der Waals surface area (Å²) in [5, 5.41) is 4.28. The van der Waals surface area contributed by atoms with Crippen molar-refractivity contribution in [3.8, 4) is 0 Å². The van der Waals surface area contributed by atoms with Gasteiger partial charge in [-0.15, -0.1) is 5.10 Å². The van der Waals surface area contributed by atoms with Gasteiger partial charge in [-0.25, -0.2) is 9.48 Å². The molecule has 0 bridgehead atoms. The number of nitrogens with two attached hydrogens (primary N) is 1. The summed E-state index contributed by atoms with van der Waals surface area (Å²) in [7, 11) is 0. The number of fused-ring (bicyclic) bond motifs is 1. The lowest BCUT2D eigenvalue weighted by atomic mass is 10.0. The fourth-order valence-electron chi connectivity index (χ4n) is 2.26. The maximum atomic E-state index is 12.2. The number of pyridine rings is 1. The van der Waals surface area contributed by atoms with E-state index in [2.05, 4.69) is 5.10 Å². The summed E-state index contributed by atoms with van der Waals surface area (Å²) in [6, 6.07) is 10.6. The number of nitrogens with zero attached hydrogens (tertiary/aromatic N) is 3. The average Bonchev–Trinajstić information content (AvgIpc) is 2.78. The molecule has 1 amide bonds. The molecule has 2 heterocycles. The van der Waals surface area contributed by atoms with Gasteiger partial charge in [0.2, 0.25) is 5.91 Å². The van der Waals surface area contributed by atoms with E-state index in [4.69, 9.17) is 5.73 Å². The minimum absolute atomic E-state index is 0.191. The van der Waals surface area contributed by atoms with Crippen LogP contribution in [0.25, 0.3) is 5.65 Å². The topological polar surface area (TPSA) is 82.4 Å². The Hall–Kier alpha value is -2.89. The summed E-state index contributed by atoms with van der Waals surface area (Å²) in [5.41, 5.74) is 7.94. The molecule has 0 aliphatic rings. The molecule has 106 valence electrons. The average molecular weight is 282 g/mol. The Morgan fingerprint density at radius 3 is 2.76 bits per heavy atom. The summed E-state index contributed by atoms with van der Waals surface area (Å²) in [6.45, 7) is 2.23. The van der Waals surface area contributed by atoms with E-state index in [1.165, 1.54) is 9.08 Å². The Labute approximate surface area is 120 Å². The van der Waals surface area contributed by atoms with Crippen LogP contribution in [-0.2, 0) is 6.54 Å². The lowest BCUT2D eigenvalue weighted by Crippen LogP contribution is -2.22. The molecule has 3 rings (SSSR count). The van der Waals surface area contributed by atoms with E-state index < -0.39 is 5.91 Å². The molecule has 6 nitrogen and oxygen atoms in total. The number of carbonyl (C=O) groups excluding carboxylic acids is 1. The van der Waals surface area contributed by atoms with E-state index in [1.54, 1.807) is 36.5 Å². The molecule has 0 saturated heterocycles. The first-order valence-corrected chi connectivity index (χ1v) is 6.50. The maximum absolute atomic E-state index is 12.2. The zero-order valence-corrected chi connectivity index (χ0v) is 11.5. The smallest absolute Gasteiger partial charge is 0.350 e. The molecule has 0 saturated carbocycles. The summed E-state index contributed by atoms with van der Waals surface area (Å²) in [6.07, 6.45) is 1.68. The first kappa shape index (κ1) is 13.1. The summed E-state index contributed by atoms with van der Waals surface area (Å²) >= 11 is 0. The number of aryl methyl sites for hydroxylation is 1. The molecule has 6 heteroatoms. The van der Waals surface area contributed by atoms with Crippen molar-refractivity contribution in [1.82, 2.24) is 14.2 Å². The highest BCUT2D eigenvalue weighted by Gasteiger charge is 2.09. The van der Waals surface area contributed by atoms with E-state index in [0.29, 0.717) is 17.8 Å². The van der Waals surface area contributed by atoms with Crippen LogP contribution >= 0.6 is 0 Å². The first-order valence-electron chi connectivity index (χ1n) is 6.50. The number of benzene rings is 1. The molecule has 0 radical (unpaired) electrons. The highest BCUT2D eigenvalue weighted by atomic mass is 16.2. The van der Waals surface area contributed by atoms with Crippen molar-refractivity contribution in [1.29, 1.82) is 0 Å². The van der Waals surface area contributed by atoms with Crippen LogP contribution in [0.3, 0.4) is 0 Å². The number of rotatable bonds is 3. The monoisotopic (exact) mass is 282 g/mol. The molecular weight excluding hydrogens is 268 g/mol. The van der Waals surface area contributed by atoms with E-state index in [0.717, 1.165) is 11.1 Å². The standard InChI is InChI=1S/C15H14N4O2/c1-10-8-11(14(16)20)5-6-12(10)9-19-15(21)18-7-3-2-4-13(18)17-19/h2-8H,9H2,1H3,(H2,16,20). The van der Waals surface area contributed by atoms with Crippen molar-refractivity contribution < 1.29 is 4.79 Å². The van der Waals surface area contributed by atoms with Gasteiger partial charge in [0.1, 0.15) is 0 Å². The third-order valence-corrected chi connectivity index (χ3v) is 3.44. The summed E-state index contributed by atoms with van der Waals surface area (Å²) < 4.78 is 2.90. The number of primary amides is 1. The summed E-state index contributed by atoms with van der Waals surface area (Å²) in [4.78, 5) is 23.4. The van der Waals surface area contributed by atoms with Crippen molar-refractivity contribution in [3.63, 3.8) is 0 Å². The number of hydrogen-bond donors (Lipinski definition) is 1. The Bertz CT molecular complexity index is 892. The first-order chi connectivity index (χ1) is 10.1. The van der Waals surface area contributed by atoms with Crippen molar-refractivity contribution in [2.45, 2.75) is 13.5 Å². The number of hydrogen-bond acceptors (Lipinski definition) is 3. The van der Waals surface area contributed by atoms with Gasteiger partial charge < -0.3 is 5.73 Å². The van der Waals surface area contributed by atoms with Gasteiger partial charge in [0.05, 0.1) is 6.54 Å². The zero-order valence-electron chi connectivity index (χ0n) is 11.5. The quantitative estimate of drug-likeness (QED) is 0.776. The molecule has 0 aliphatic heterocycles. The molecule has 0 aliphatic carbocycles. The van der Waals surface area contributed by atoms with Crippen LogP contribution < -0.4 is 11.4 Å². The van der Waals surface area contributed by atoms with E-state index in [1.807, 2.05) is 13.0 Å². The molecule has 1 aromatic carbocycles. The van der Waals surface area contributed by atoms with Crippen LogP contribution in [0.1, 0.15) is 21.5 Å². The van der Waals surface area contributed by atoms with Crippen LogP contribution in [0.15, 0.2) is 47.4 Å². The number of carbonyl (C=O) groups is 1. The Morgan fingerprint density at radius 2 is 2.10 bits per heavy atom. The second-order valence-corrected chi connectivity index (χ2v) is 4.87. The lowest BCUT2D eigenvalue weighted by molar-refractivity contribution is 0.1000. The van der Waals surface area contributed by atoms with Gasteiger partial charge in [-0.3, -0.25) is 9.20 Å². The minimum Gasteiger partial charge on any atom is -0.366 e. The normalized spacial score (nSPS) is 10.9. The molecule has 0 unspecified atom stereocenters. The van der Waals surface area contributed by atoms with Crippen LogP contribution in [-0.4, -0.2) is 20.1 Å².